The molecule has 0 atom stereocenters. The molecule has 2 aromatic rings. The highest BCUT2D eigenvalue weighted by atomic mass is 16.5. The van der Waals surface area contributed by atoms with Gasteiger partial charge in [-0.2, -0.15) is 4.98 Å². The maximum Gasteiger partial charge on any atom is 0.229 e. The van der Waals surface area contributed by atoms with E-state index in [9.17, 15) is 9.90 Å². The minimum absolute atomic E-state index is 0.0903. The number of piperidine rings is 1. The Morgan fingerprint density at radius 1 is 1.17 bits per heavy atom. The average molecular weight is 481 g/mol. The molecule has 2 aliphatic heterocycles. The molecule has 2 fully saturated rings. The summed E-state index contributed by atoms with van der Waals surface area (Å²) in [7, 11) is 3.46. The van der Waals surface area contributed by atoms with Gasteiger partial charge in [0.1, 0.15) is 11.4 Å². The molecule has 3 heterocycles. The first-order valence-corrected chi connectivity index (χ1v) is 12.7. The van der Waals surface area contributed by atoms with Crippen molar-refractivity contribution >= 4 is 34.7 Å². The third-order valence-corrected chi connectivity index (χ3v) is 7.73. The normalized spacial score (nSPS) is 20.6. The largest absolute Gasteiger partial charge is 0.494 e. The maximum absolute atomic E-state index is 12.6. The van der Waals surface area contributed by atoms with E-state index in [0.29, 0.717) is 30.7 Å². The van der Waals surface area contributed by atoms with Crippen molar-refractivity contribution in [2.45, 2.75) is 63.5 Å². The van der Waals surface area contributed by atoms with Gasteiger partial charge >= 0.3 is 0 Å². The standard InChI is InChI=1S/C26H36N6O3/c1-26(34)11-14-31(15-12-26)19-8-9-20(22(16-19)35-3)28-25-27-17-21-24(29-25)32(18-6-4-5-7-18)13-10-23(33)30(21)2/h8-9,16-18,34H,4-7,10-15H2,1-3H3,(H,27,28,29). The van der Waals surface area contributed by atoms with Crippen molar-refractivity contribution in [3.63, 3.8) is 0 Å². The molecule has 35 heavy (non-hydrogen) atoms. The van der Waals surface area contributed by atoms with Crippen LogP contribution in [-0.2, 0) is 4.79 Å². The topological polar surface area (TPSA) is 94.1 Å². The van der Waals surface area contributed by atoms with Crippen molar-refractivity contribution < 1.29 is 14.6 Å². The summed E-state index contributed by atoms with van der Waals surface area (Å²) in [6, 6.07) is 6.48. The molecule has 2 N–H and O–H groups in total. The lowest BCUT2D eigenvalue weighted by Crippen LogP contribution is -2.42. The number of fused-ring (bicyclic) bond motifs is 1. The molecule has 0 spiro atoms. The molecule has 0 radical (unpaired) electrons. The van der Waals surface area contributed by atoms with E-state index in [1.165, 1.54) is 12.8 Å². The monoisotopic (exact) mass is 480 g/mol. The summed E-state index contributed by atoms with van der Waals surface area (Å²) in [5, 5.41) is 13.6. The summed E-state index contributed by atoms with van der Waals surface area (Å²) >= 11 is 0. The van der Waals surface area contributed by atoms with Crippen LogP contribution in [0.1, 0.15) is 51.9 Å². The third kappa shape index (κ3) is 4.87. The minimum atomic E-state index is -0.587. The zero-order valence-electron chi connectivity index (χ0n) is 21.0. The first-order chi connectivity index (χ1) is 16.8. The van der Waals surface area contributed by atoms with Gasteiger partial charge in [-0.05, 0) is 44.7 Å². The fraction of sp³-hybridized carbons (Fsp3) is 0.577. The van der Waals surface area contributed by atoms with Crippen molar-refractivity contribution in [2.24, 2.45) is 0 Å². The van der Waals surface area contributed by atoms with Gasteiger partial charge in [-0.25, -0.2) is 4.98 Å². The Hall–Kier alpha value is -3.07. The summed E-state index contributed by atoms with van der Waals surface area (Å²) in [5.74, 6) is 2.10. The Labute approximate surface area is 207 Å². The number of aromatic nitrogens is 2. The van der Waals surface area contributed by atoms with Crippen LogP contribution in [-0.4, -0.2) is 66.4 Å². The van der Waals surface area contributed by atoms with E-state index in [4.69, 9.17) is 9.72 Å². The number of nitrogens with one attached hydrogen (secondary N) is 1. The molecule has 1 aromatic carbocycles. The van der Waals surface area contributed by atoms with E-state index in [2.05, 4.69) is 26.2 Å². The van der Waals surface area contributed by atoms with E-state index in [0.717, 1.165) is 61.7 Å². The molecule has 1 amide bonds. The van der Waals surface area contributed by atoms with Gasteiger partial charge in [0.2, 0.25) is 11.9 Å². The number of aliphatic hydroxyl groups is 1. The minimum Gasteiger partial charge on any atom is -0.494 e. The first-order valence-electron chi connectivity index (χ1n) is 12.7. The van der Waals surface area contributed by atoms with E-state index in [-0.39, 0.29) is 5.91 Å². The fourth-order valence-corrected chi connectivity index (χ4v) is 5.42. The molecular weight excluding hydrogens is 444 g/mol. The second-order valence-electron chi connectivity index (χ2n) is 10.2. The van der Waals surface area contributed by atoms with Crippen LogP contribution >= 0.6 is 0 Å². The molecule has 5 rings (SSSR count). The second-order valence-corrected chi connectivity index (χ2v) is 10.2. The molecule has 9 nitrogen and oxygen atoms in total. The van der Waals surface area contributed by atoms with E-state index in [1.807, 2.05) is 19.1 Å². The first kappa shape index (κ1) is 23.7. The lowest BCUT2D eigenvalue weighted by molar-refractivity contribution is -0.118. The van der Waals surface area contributed by atoms with Crippen molar-refractivity contribution in [1.29, 1.82) is 0 Å². The molecule has 9 heteroatoms. The summed E-state index contributed by atoms with van der Waals surface area (Å²) in [4.78, 5) is 28.3. The number of amides is 1. The highest BCUT2D eigenvalue weighted by Gasteiger charge is 2.32. The third-order valence-electron chi connectivity index (χ3n) is 7.73. The number of hydrogen-bond acceptors (Lipinski definition) is 8. The molecule has 0 unspecified atom stereocenters. The van der Waals surface area contributed by atoms with Gasteiger partial charge in [0.25, 0.3) is 0 Å². The van der Waals surface area contributed by atoms with Gasteiger partial charge in [-0.1, -0.05) is 12.8 Å². The maximum atomic E-state index is 12.6. The molecule has 188 valence electrons. The lowest BCUT2D eigenvalue weighted by atomic mass is 9.93. The van der Waals surface area contributed by atoms with Crippen LogP contribution in [0.5, 0.6) is 5.75 Å². The van der Waals surface area contributed by atoms with Crippen molar-refractivity contribution in [1.82, 2.24) is 9.97 Å². The molecule has 3 aliphatic rings. The van der Waals surface area contributed by atoms with Crippen LogP contribution in [0.3, 0.4) is 0 Å². The number of carbonyl (C=O) groups is 1. The molecule has 1 aromatic heterocycles. The van der Waals surface area contributed by atoms with Crippen LogP contribution in [0.15, 0.2) is 24.4 Å². The number of rotatable bonds is 5. The zero-order valence-corrected chi connectivity index (χ0v) is 21.0. The number of ether oxygens (including phenoxy) is 1. The Morgan fingerprint density at radius 2 is 1.91 bits per heavy atom. The van der Waals surface area contributed by atoms with Crippen molar-refractivity contribution in [3.8, 4) is 5.75 Å². The molecule has 1 saturated carbocycles. The summed E-state index contributed by atoms with van der Waals surface area (Å²) in [6.07, 6.45) is 8.41. The second kappa shape index (κ2) is 9.53. The number of carbonyl (C=O) groups excluding carboxylic acids is 1. The van der Waals surface area contributed by atoms with Gasteiger partial charge in [-0.15, -0.1) is 0 Å². The van der Waals surface area contributed by atoms with Crippen molar-refractivity contribution in [2.75, 3.05) is 53.8 Å². The van der Waals surface area contributed by atoms with Crippen LogP contribution < -0.4 is 24.8 Å². The SMILES string of the molecule is COc1cc(N2CCC(C)(O)CC2)ccc1Nc1ncc2c(n1)N(C1CCCC1)CCC(=O)N2C. The Bertz CT molecular complexity index is 1070. The molecule has 1 saturated heterocycles. The smallest absolute Gasteiger partial charge is 0.229 e. The molecular formula is C26H36N6O3. The van der Waals surface area contributed by atoms with Crippen molar-refractivity contribution in [3.05, 3.63) is 24.4 Å². The predicted octanol–water partition coefficient (Wildman–Crippen LogP) is 3.70. The molecule has 0 bridgehead atoms. The molecule has 1 aliphatic carbocycles. The number of methoxy groups -OCH3 is 1. The Balaban J connectivity index is 1.41. The average Bonchev–Trinajstić information content (AvgIpc) is 3.35. The van der Waals surface area contributed by atoms with Crippen LogP contribution in [0, 0.1) is 0 Å². The summed E-state index contributed by atoms with van der Waals surface area (Å²) < 4.78 is 5.70. The number of benzene rings is 1. The Kier molecular flexibility index (Phi) is 6.44. The Morgan fingerprint density at radius 3 is 2.63 bits per heavy atom. The van der Waals surface area contributed by atoms with Gasteiger partial charge < -0.3 is 29.9 Å². The van der Waals surface area contributed by atoms with Gasteiger partial charge in [0, 0.05) is 50.9 Å². The lowest BCUT2D eigenvalue weighted by Gasteiger charge is -2.37. The highest BCUT2D eigenvalue weighted by Crippen LogP contribution is 2.38. The number of hydrogen-bond donors (Lipinski definition) is 2. The van der Waals surface area contributed by atoms with Crippen LogP contribution in [0.25, 0.3) is 0 Å². The fourth-order valence-electron chi connectivity index (χ4n) is 5.42. The zero-order chi connectivity index (χ0) is 24.6. The van der Waals surface area contributed by atoms with Gasteiger partial charge in [0.05, 0.1) is 24.6 Å². The number of anilines is 5. The number of nitrogens with zero attached hydrogens (tertiary/aromatic N) is 5. The van der Waals surface area contributed by atoms with E-state index < -0.39 is 5.60 Å². The predicted molar refractivity (Wildman–Crippen MR) is 138 cm³/mol. The van der Waals surface area contributed by atoms with E-state index in [1.54, 1.807) is 25.3 Å². The van der Waals surface area contributed by atoms with Gasteiger partial charge in [-0.3, -0.25) is 4.79 Å². The summed E-state index contributed by atoms with van der Waals surface area (Å²) in [5.41, 5.74) is 2.02. The van der Waals surface area contributed by atoms with Crippen LogP contribution in [0.2, 0.25) is 0 Å². The summed E-state index contributed by atoms with van der Waals surface area (Å²) in [6.45, 7) is 4.19. The quantitative estimate of drug-likeness (QED) is 0.669. The highest BCUT2D eigenvalue weighted by molar-refractivity contribution is 5.97. The van der Waals surface area contributed by atoms with E-state index >= 15 is 0 Å². The van der Waals surface area contributed by atoms with Crippen LogP contribution in [0.4, 0.5) is 28.8 Å². The van der Waals surface area contributed by atoms with Gasteiger partial charge in [0.15, 0.2) is 5.82 Å².